The van der Waals surface area contributed by atoms with E-state index in [2.05, 4.69) is 0 Å². The lowest BCUT2D eigenvalue weighted by Crippen LogP contribution is -2.45. The maximum atomic E-state index is 12.9. The minimum atomic E-state index is -3.56. The molecule has 0 spiro atoms. The highest BCUT2D eigenvalue weighted by molar-refractivity contribution is 7.90. The van der Waals surface area contributed by atoms with Gasteiger partial charge in [-0.2, -0.15) is 0 Å². The SMILES string of the molecule is COC(C)(C)CCOC(C)(C)CS(=O)(=O)N(C)CC(C)(C)COCC(C)(C)CS(C)(=O)=O. The van der Waals surface area contributed by atoms with Crippen molar-refractivity contribution in [3.63, 3.8) is 0 Å². The predicted molar refractivity (Wildman–Crippen MR) is 130 cm³/mol. The molecule has 0 saturated heterocycles. The average Bonchev–Trinajstić information content (AvgIpc) is 2.49. The van der Waals surface area contributed by atoms with Crippen molar-refractivity contribution < 1.29 is 31.0 Å². The Morgan fingerprint density at radius 1 is 0.781 bits per heavy atom. The van der Waals surface area contributed by atoms with Crippen molar-refractivity contribution in [2.45, 2.75) is 73.0 Å². The standard InChI is InChI=1S/C22H47NO7S2/c1-19(2,15-29-16-20(3,4)17-31(11,24)25)14-23(9)32(26,27)18-22(7,8)30-13-12-21(5,6)28-10/h12-18H2,1-11H3. The molecule has 8 nitrogen and oxygen atoms in total. The molecule has 194 valence electrons. The number of rotatable bonds is 16. The first-order valence-electron chi connectivity index (χ1n) is 10.9. The van der Waals surface area contributed by atoms with Crippen molar-refractivity contribution in [1.29, 1.82) is 0 Å². The van der Waals surface area contributed by atoms with Crippen LogP contribution >= 0.6 is 0 Å². The molecule has 10 heteroatoms. The Kier molecular flexibility index (Phi) is 11.4. The van der Waals surface area contributed by atoms with Gasteiger partial charge >= 0.3 is 0 Å². The molecule has 0 heterocycles. The molecule has 0 amide bonds. The molecular weight excluding hydrogens is 454 g/mol. The lowest BCUT2D eigenvalue weighted by molar-refractivity contribution is -0.0490. The predicted octanol–water partition coefficient (Wildman–Crippen LogP) is 2.97. The van der Waals surface area contributed by atoms with Crippen LogP contribution in [-0.4, -0.2) is 90.6 Å². The van der Waals surface area contributed by atoms with Gasteiger partial charge in [0.15, 0.2) is 0 Å². The number of sulfonamides is 1. The van der Waals surface area contributed by atoms with Crippen LogP contribution in [0.2, 0.25) is 0 Å². The fraction of sp³-hybridized carbons (Fsp3) is 1.00. The molecule has 0 radical (unpaired) electrons. The zero-order valence-electron chi connectivity index (χ0n) is 22.1. The summed E-state index contributed by atoms with van der Waals surface area (Å²) in [5.74, 6) is -0.104. The summed E-state index contributed by atoms with van der Waals surface area (Å²) in [6, 6.07) is 0. The van der Waals surface area contributed by atoms with Crippen molar-refractivity contribution in [2.24, 2.45) is 10.8 Å². The van der Waals surface area contributed by atoms with Crippen LogP contribution in [0.25, 0.3) is 0 Å². The van der Waals surface area contributed by atoms with Crippen molar-refractivity contribution in [3.05, 3.63) is 0 Å². The maximum absolute atomic E-state index is 12.9. The molecule has 0 saturated carbocycles. The van der Waals surface area contributed by atoms with Crippen molar-refractivity contribution in [1.82, 2.24) is 4.31 Å². The largest absolute Gasteiger partial charge is 0.380 e. The van der Waals surface area contributed by atoms with E-state index in [-0.39, 0.29) is 30.3 Å². The van der Waals surface area contributed by atoms with Crippen molar-refractivity contribution in [3.8, 4) is 0 Å². The van der Waals surface area contributed by atoms with E-state index in [0.29, 0.717) is 19.6 Å². The lowest BCUT2D eigenvalue weighted by Gasteiger charge is -2.34. The highest BCUT2D eigenvalue weighted by Crippen LogP contribution is 2.24. The summed E-state index contributed by atoms with van der Waals surface area (Å²) < 4.78 is 67.4. The Morgan fingerprint density at radius 3 is 1.75 bits per heavy atom. The van der Waals surface area contributed by atoms with Crippen molar-refractivity contribution in [2.75, 3.05) is 58.3 Å². The number of ether oxygens (including phenoxy) is 3. The lowest BCUT2D eigenvalue weighted by atomic mass is 9.94. The summed E-state index contributed by atoms with van der Waals surface area (Å²) in [6.07, 6.45) is 1.87. The summed E-state index contributed by atoms with van der Waals surface area (Å²) in [4.78, 5) is 0. The Labute approximate surface area is 197 Å². The zero-order chi connectivity index (χ0) is 25.6. The Hall–Kier alpha value is -0.260. The minimum absolute atomic E-state index is 0.0331. The third-order valence-electron chi connectivity index (χ3n) is 5.04. The van der Waals surface area contributed by atoms with Crippen LogP contribution < -0.4 is 0 Å². The van der Waals surface area contributed by atoms with Crippen molar-refractivity contribution >= 4 is 19.9 Å². The zero-order valence-corrected chi connectivity index (χ0v) is 23.7. The smallest absolute Gasteiger partial charge is 0.216 e. The van der Waals surface area contributed by atoms with Gasteiger partial charge in [-0.15, -0.1) is 0 Å². The van der Waals surface area contributed by atoms with Gasteiger partial charge < -0.3 is 14.2 Å². The second kappa shape index (κ2) is 11.4. The summed E-state index contributed by atoms with van der Waals surface area (Å²) in [6.45, 7) is 16.3. The molecule has 32 heavy (non-hydrogen) atoms. The van der Waals surface area contributed by atoms with Gasteiger partial charge in [-0.3, -0.25) is 0 Å². The Bertz CT molecular complexity index is 785. The summed E-state index contributed by atoms with van der Waals surface area (Å²) in [5, 5.41) is 0. The number of hydrogen-bond acceptors (Lipinski definition) is 7. The summed E-state index contributed by atoms with van der Waals surface area (Å²) in [5.41, 5.74) is -2.13. The number of nitrogens with zero attached hydrogens (tertiary/aromatic N) is 1. The van der Waals surface area contributed by atoms with Crippen LogP contribution in [-0.2, 0) is 34.1 Å². The van der Waals surface area contributed by atoms with Crippen LogP contribution in [0.15, 0.2) is 0 Å². The molecule has 0 aliphatic carbocycles. The molecule has 0 fully saturated rings. The molecule has 0 aromatic carbocycles. The molecule has 0 unspecified atom stereocenters. The van der Waals surface area contributed by atoms with Crippen LogP contribution in [0.5, 0.6) is 0 Å². The van der Waals surface area contributed by atoms with Gasteiger partial charge in [-0.25, -0.2) is 21.1 Å². The molecule has 0 bridgehead atoms. The molecular formula is C22H47NO7S2. The number of methoxy groups -OCH3 is 1. The average molecular weight is 502 g/mol. The van der Waals surface area contributed by atoms with Crippen LogP contribution in [0.1, 0.15) is 61.8 Å². The second-order valence-electron chi connectivity index (χ2n) is 11.7. The van der Waals surface area contributed by atoms with E-state index >= 15 is 0 Å². The third-order valence-corrected chi connectivity index (χ3v) is 8.49. The van der Waals surface area contributed by atoms with Gasteiger partial charge in [-0.05, 0) is 34.1 Å². The van der Waals surface area contributed by atoms with Gasteiger partial charge in [-0.1, -0.05) is 27.7 Å². The maximum Gasteiger partial charge on any atom is 0.216 e. The Balaban J connectivity index is 4.82. The van der Waals surface area contributed by atoms with Gasteiger partial charge in [0.25, 0.3) is 0 Å². The minimum Gasteiger partial charge on any atom is -0.380 e. The van der Waals surface area contributed by atoms with Crippen LogP contribution in [0.4, 0.5) is 0 Å². The summed E-state index contributed by atoms with van der Waals surface area (Å²) in [7, 11) is -3.46. The summed E-state index contributed by atoms with van der Waals surface area (Å²) >= 11 is 0. The first kappa shape index (κ1) is 31.7. The van der Waals surface area contributed by atoms with E-state index in [4.69, 9.17) is 14.2 Å². The first-order chi connectivity index (χ1) is 14.0. The monoisotopic (exact) mass is 501 g/mol. The molecule has 0 aromatic rings. The van der Waals surface area contributed by atoms with E-state index in [9.17, 15) is 16.8 Å². The van der Waals surface area contributed by atoms with Gasteiger partial charge in [0.2, 0.25) is 10.0 Å². The van der Waals surface area contributed by atoms with Gasteiger partial charge in [0.1, 0.15) is 9.84 Å². The number of sulfone groups is 1. The highest BCUT2D eigenvalue weighted by atomic mass is 32.2. The highest BCUT2D eigenvalue weighted by Gasteiger charge is 2.34. The molecule has 0 rings (SSSR count). The number of hydrogen-bond donors (Lipinski definition) is 0. The van der Waals surface area contributed by atoms with Crippen LogP contribution in [0.3, 0.4) is 0 Å². The van der Waals surface area contributed by atoms with E-state index < -0.39 is 36.3 Å². The molecule has 0 aliphatic heterocycles. The molecule has 0 atom stereocenters. The van der Waals surface area contributed by atoms with E-state index in [0.717, 1.165) is 0 Å². The topological polar surface area (TPSA) is 99.2 Å². The van der Waals surface area contributed by atoms with Gasteiger partial charge in [0.05, 0.1) is 42.5 Å². The van der Waals surface area contributed by atoms with Crippen LogP contribution in [0, 0.1) is 10.8 Å². The molecule has 0 aliphatic rings. The van der Waals surface area contributed by atoms with Gasteiger partial charge in [0, 0.05) is 37.8 Å². The molecule has 0 aromatic heterocycles. The quantitative estimate of drug-likeness (QED) is 0.321. The van der Waals surface area contributed by atoms with E-state index in [1.807, 2.05) is 41.5 Å². The molecule has 0 N–H and O–H groups in total. The van der Waals surface area contributed by atoms with E-state index in [1.165, 1.54) is 10.6 Å². The normalized spacial score (nSPS) is 14.9. The van der Waals surface area contributed by atoms with E-state index in [1.54, 1.807) is 28.0 Å². The Morgan fingerprint density at radius 2 is 1.28 bits per heavy atom. The first-order valence-corrected chi connectivity index (χ1v) is 14.6. The second-order valence-corrected chi connectivity index (χ2v) is 15.9. The fourth-order valence-electron chi connectivity index (χ4n) is 3.37. The fourth-order valence-corrected chi connectivity index (χ4v) is 6.60. The third kappa shape index (κ3) is 14.1.